The highest BCUT2D eigenvalue weighted by Gasteiger charge is 2.11. The van der Waals surface area contributed by atoms with E-state index in [2.05, 4.69) is 6.58 Å². The largest absolute Gasteiger partial charge is 0.298 e. The van der Waals surface area contributed by atoms with Gasteiger partial charge in [0, 0.05) is 5.57 Å². The Morgan fingerprint density at radius 2 is 2.09 bits per heavy atom. The van der Waals surface area contributed by atoms with Gasteiger partial charge >= 0.3 is 0 Å². The number of nitrogens with zero attached hydrogens (tertiary/aromatic N) is 1. The molecule has 4 nitrogen and oxygen atoms in total. The van der Waals surface area contributed by atoms with Gasteiger partial charge in [-0.25, -0.2) is 0 Å². The zero-order chi connectivity index (χ0) is 8.85. The van der Waals surface area contributed by atoms with Crippen LogP contribution < -0.4 is 0 Å². The molecule has 0 rings (SSSR count). The minimum atomic E-state index is -0.835. The highest BCUT2D eigenvalue weighted by atomic mass is 16.8. The summed E-state index contributed by atoms with van der Waals surface area (Å²) in [4.78, 5) is 10.7. The second-order valence-corrected chi connectivity index (χ2v) is 2.30. The molecule has 0 aliphatic heterocycles. The van der Waals surface area contributed by atoms with Crippen LogP contribution in [0.3, 0.4) is 0 Å². The molecule has 1 amide bonds. The second kappa shape index (κ2) is 4.87. The first kappa shape index (κ1) is 10.1. The number of carbonyl (C=O) groups excluding carboxylic acids is 1. The summed E-state index contributed by atoms with van der Waals surface area (Å²) in [6.07, 6.45) is 2.29. The van der Waals surface area contributed by atoms with E-state index in [9.17, 15) is 4.79 Å². The highest BCUT2D eigenvalue weighted by molar-refractivity contribution is 5.90. The fourth-order valence-electron chi connectivity index (χ4n) is 0.639. The van der Waals surface area contributed by atoms with E-state index in [-0.39, 0.29) is 5.57 Å². The van der Waals surface area contributed by atoms with Crippen LogP contribution in [-0.2, 0) is 4.79 Å². The maximum atomic E-state index is 10.7. The minimum absolute atomic E-state index is 0.219. The summed E-state index contributed by atoms with van der Waals surface area (Å²) in [5, 5.41) is 16.1. The molecule has 64 valence electrons. The van der Waals surface area contributed by atoms with E-state index in [1.165, 1.54) is 0 Å². The van der Waals surface area contributed by atoms with Crippen LogP contribution in [0.25, 0.3) is 0 Å². The minimum Gasteiger partial charge on any atom is -0.265 e. The number of hydrogen-bond acceptors (Lipinski definition) is 3. The maximum absolute atomic E-state index is 10.7. The quantitative estimate of drug-likeness (QED) is 0.369. The summed E-state index contributed by atoms with van der Waals surface area (Å²) in [6.45, 7) is 5.38. The monoisotopic (exact) mass is 159 g/mol. The zero-order valence-corrected chi connectivity index (χ0v) is 6.58. The molecule has 0 fully saturated rings. The van der Waals surface area contributed by atoms with Crippen LogP contribution in [-0.4, -0.2) is 21.5 Å². The highest BCUT2D eigenvalue weighted by Crippen LogP contribution is 2.06. The molecule has 0 saturated heterocycles. The van der Waals surface area contributed by atoms with Crippen LogP contribution in [0.5, 0.6) is 0 Å². The van der Waals surface area contributed by atoms with Crippen molar-refractivity contribution in [3.8, 4) is 0 Å². The molecule has 0 atom stereocenters. The van der Waals surface area contributed by atoms with E-state index in [0.29, 0.717) is 6.42 Å². The summed E-state index contributed by atoms with van der Waals surface area (Å²) in [5.41, 5.74) is 0.219. The lowest BCUT2D eigenvalue weighted by Gasteiger charge is -2.07. The van der Waals surface area contributed by atoms with Crippen molar-refractivity contribution in [1.82, 2.24) is 5.23 Å². The fourth-order valence-corrected chi connectivity index (χ4v) is 0.639. The van der Waals surface area contributed by atoms with Gasteiger partial charge in [0.2, 0.25) is 0 Å². The molecule has 4 heteroatoms. The number of hydroxylamine groups is 2. The first-order valence-electron chi connectivity index (χ1n) is 3.49. The molecule has 11 heavy (non-hydrogen) atoms. The van der Waals surface area contributed by atoms with Crippen molar-refractivity contribution in [1.29, 1.82) is 0 Å². The van der Waals surface area contributed by atoms with Gasteiger partial charge in [-0.1, -0.05) is 25.2 Å². The Balaban J connectivity index is 3.75. The molecule has 0 aromatic heterocycles. The average molecular weight is 159 g/mol. The van der Waals surface area contributed by atoms with Crippen LogP contribution in [0.15, 0.2) is 12.2 Å². The predicted octanol–water partition coefficient (Wildman–Crippen LogP) is 1.34. The van der Waals surface area contributed by atoms with Gasteiger partial charge in [0.05, 0.1) is 0 Å². The molecule has 0 aliphatic rings. The third-order valence-corrected chi connectivity index (χ3v) is 1.32. The molecule has 0 saturated carbocycles. The first-order valence-corrected chi connectivity index (χ1v) is 3.49. The summed E-state index contributed by atoms with van der Waals surface area (Å²) in [7, 11) is 0. The van der Waals surface area contributed by atoms with Gasteiger partial charge in [-0.15, -0.1) is 0 Å². The van der Waals surface area contributed by atoms with Gasteiger partial charge in [-0.2, -0.15) is 0 Å². The van der Waals surface area contributed by atoms with Gasteiger partial charge in [-0.05, 0) is 12.8 Å². The number of rotatable bonds is 4. The van der Waals surface area contributed by atoms with Crippen molar-refractivity contribution in [3.05, 3.63) is 12.2 Å². The molecular weight excluding hydrogens is 146 g/mol. The van der Waals surface area contributed by atoms with Crippen molar-refractivity contribution < 1.29 is 15.2 Å². The standard InChI is InChI=1S/C7H13NO3/c1-3-4-5-6(2)7(9)8(10)11/h10-11H,2-5H2,1H3. The molecule has 0 aromatic rings. The van der Waals surface area contributed by atoms with Crippen LogP contribution in [0.4, 0.5) is 0 Å². The van der Waals surface area contributed by atoms with E-state index in [4.69, 9.17) is 10.4 Å². The molecule has 0 unspecified atom stereocenters. The van der Waals surface area contributed by atoms with Crippen LogP contribution in [0.1, 0.15) is 26.2 Å². The Morgan fingerprint density at radius 3 is 2.45 bits per heavy atom. The predicted molar refractivity (Wildman–Crippen MR) is 39.1 cm³/mol. The molecule has 0 heterocycles. The van der Waals surface area contributed by atoms with E-state index in [1.807, 2.05) is 6.92 Å². The van der Waals surface area contributed by atoms with E-state index in [0.717, 1.165) is 12.8 Å². The summed E-state index contributed by atoms with van der Waals surface area (Å²) < 4.78 is 0. The Bertz CT molecular complexity index is 154. The lowest BCUT2D eigenvalue weighted by atomic mass is 10.1. The van der Waals surface area contributed by atoms with Crippen molar-refractivity contribution in [2.45, 2.75) is 26.2 Å². The van der Waals surface area contributed by atoms with Crippen molar-refractivity contribution in [3.63, 3.8) is 0 Å². The maximum Gasteiger partial charge on any atom is 0.298 e. The number of unbranched alkanes of at least 4 members (excludes halogenated alkanes) is 1. The normalized spacial score (nSPS) is 9.36. The Kier molecular flexibility index (Phi) is 4.49. The lowest BCUT2D eigenvalue weighted by Crippen LogP contribution is -2.24. The topological polar surface area (TPSA) is 60.8 Å². The fraction of sp³-hybridized carbons (Fsp3) is 0.571. The summed E-state index contributed by atoms with van der Waals surface area (Å²) >= 11 is 0. The van der Waals surface area contributed by atoms with Gasteiger partial charge in [0.15, 0.2) is 0 Å². The SMILES string of the molecule is C=C(CCCC)C(=O)N(O)O. The summed E-state index contributed by atoms with van der Waals surface area (Å²) in [6, 6.07) is 0. The average Bonchev–Trinajstić information content (AvgIpc) is 1.98. The molecule has 0 bridgehead atoms. The Hall–Kier alpha value is -0.870. The van der Waals surface area contributed by atoms with E-state index >= 15 is 0 Å². The zero-order valence-electron chi connectivity index (χ0n) is 6.58. The number of amides is 1. The van der Waals surface area contributed by atoms with E-state index < -0.39 is 11.1 Å². The molecule has 2 N–H and O–H groups in total. The smallest absolute Gasteiger partial charge is 0.265 e. The van der Waals surface area contributed by atoms with E-state index in [1.54, 1.807) is 0 Å². The van der Waals surface area contributed by atoms with Crippen molar-refractivity contribution >= 4 is 5.91 Å². The van der Waals surface area contributed by atoms with Crippen molar-refractivity contribution in [2.75, 3.05) is 0 Å². The van der Waals surface area contributed by atoms with Crippen LogP contribution in [0, 0.1) is 0 Å². The van der Waals surface area contributed by atoms with Crippen LogP contribution in [0.2, 0.25) is 0 Å². The molecule has 0 spiro atoms. The van der Waals surface area contributed by atoms with Gasteiger partial charge in [0.25, 0.3) is 5.91 Å². The number of hydrogen-bond donors (Lipinski definition) is 2. The first-order chi connectivity index (χ1) is 5.09. The Labute approximate surface area is 65.7 Å². The third-order valence-electron chi connectivity index (χ3n) is 1.32. The number of carbonyl (C=O) groups is 1. The third kappa shape index (κ3) is 3.75. The molecule has 0 aliphatic carbocycles. The molecule has 0 aromatic carbocycles. The Morgan fingerprint density at radius 1 is 1.55 bits per heavy atom. The second-order valence-electron chi connectivity index (χ2n) is 2.30. The van der Waals surface area contributed by atoms with Gasteiger partial charge < -0.3 is 0 Å². The van der Waals surface area contributed by atoms with Crippen LogP contribution >= 0.6 is 0 Å². The van der Waals surface area contributed by atoms with Gasteiger partial charge in [0.1, 0.15) is 0 Å². The van der Waals surface area contributed by atoms with Crippen molar-refractivity contribution in [2.24, 2.45) is 0 Å². The van der Waals surface area contributed by atoms with Gasteiger partial charge in [-0.3, -0.25) is 15.2 Å². The lowest BCUT2D eigenvalue weighted by molar-refractivity contribution is -0.281. The molecular formula is C7H13NO3. The molecule has 0 radical (unpaired) electrons. The summed E-state index contributed by atoms with van der Waals surface area (Å²) in [5.74, 6) is -0.835.